The first-order valence-corrected chi connectivity index (χ1v) is 23.5. The van der Waals surface area contributed by atoms with Crippen LogP contribution in [0.25, 0.3) is 76.3 Å². The number of rotatable bonds is 11. The molecule has 12 aromatic rings. The van der Waals surface area contributed by atoms with Crippen molar-refractivity contribution in [3.63, 3.8) is 0 Å². The Hall–Kier alpha value is -7.62. The fourth-order valence-electron chi connectivity index (χ4n) is 8.84. The molecule has 2 heterocycles. The topological polar surface area (TPSA) is 46.8 Å². The zero-order chi connectivity index (χ0) is 42.4. The van der Waals surface area contributed by atoms with Crippen molar-refractivity contribution in [1.82, 2.24) is 8.68 Å². The Morgan fingerprint density at radius 3 is 0.906 bits per heavy atom. The minimum atomic E-state index is -1.85. The number of hydrogen-bond donors (Lipinski definition) is 0. The maximum Gasteiger partial charge on any atom is 0.422 e. The third kappa shape index (κ3) is 6.67. The lowest BCUT2D eigenvalue weighted by Crippen LogP contribution is -2.07. The predicted molar refractivity (Wildman–Crippen MR) is 266 cm³/mol. The van der Waals surface area contributed by atoms with E-state index in [2.05, 4.69) is 179 Å². The molecule has 0 aliphatic rings. The molecule has 64 heavy (non-hydrogen) atoms. The molecule has 8 heteroatoms. The van der Waals surface area contributed by atoms with E-state index in [0.29, 0.717) is 23.0 Å². The van der Waals surface area contributed by atoms with Gasteiger partial charge in [-0.25, -0.2) is 0 Å². The summed E-state index contributed by atoms with van der Waals surface area (Å²) in [6.45, 7) is 0. The van der Waals surface area contributed by atoms with Crippen LogP contribution < -0.4 is 18.1 Å². The van der Waals surface area contributed by atoms with Crippen molar-refractivity contribution in [1.29, 1.82) is 0 Å². The summed E-state index contributed by atoms with van der Waals surface area (Å²) in [5.41, 5.74) is 5.89. The van der Waals surface area contributed by atoms with E-state index in [9.17, 15) is 0 Å². The lowest BCUT2D eigenvalue weighted by Gasteiger charge is -2.25. The standard InChI is InChI=1S/C56H38N2O4P2/c1-3-21-41(22-4-1)59-63(57-49-31-15-11-27-45(49)46-28-12-16-32-50(46)57)61-53-37-35-39-19-7-9-25-43(39)55(53)56-44-26-10-8-20-40(44)36-38-54(56)62-64(60-42-23-5-2-6-24-42)58-51-33-17-13-29-47(51)48-30-14-18-34-52(48)58/h1-38H. The molecule has 0 aliphatic carbocycles. The highest BCUT2D eigenvalue weighted by Gasteiger charge is 2.30. The molecule has 0 radical (unpaired) electrons. The number of aromatic nitrogens is 2. The summed E-state index contributed by atoms with van der Waals surface area (Å²) in [7, 11) is -3.71. The Balaban J connectivity index is 1.10. The van der Waals surface area contributed by atoms with Crippen LogP contribution in [0.2, 0.25) is 0 Å². The van der Waals surface area contributed by atoms with E-state index in [0.717, 1.165) is 76.3 Å². The van der Waals surface area contributed by atoms with Crippen LogP contribution >= 0.6 is 17.1 Å². The molecule has 6 nitrogen and oxygen atoms in total. The highest BCUT2D eigenvalue weighted by molar-refractivity contribution is 7.47. The Bertz CT molecular complexity index is 3320. The van der Waals surface area contributed by atoms with Crippen LogP contribution in [0.15, 0.2) is 231 Å². The number of nitrogens with zero attached hydrogens (tertiary/aromatic N) is 2. The molecule has 0 fully saturated rings. The summed E-state index contributed by atoms with van der Waals surface area (Å²) < 4.78 is 33.4. The first-order chi connectivity index (χ1) is 31.8. The van der Waals surface area contributed by atoms with Crippen molar-refractivity contribution in [3.05, 3.63) is 231 Å². The molecular weight excluding hydrogens is 827 g/mol. The summed E-state index contributed by atoms with van der Waals surface area (Å²) in [4.78, 5) is 0. The first-order valence-electron chi connectivity index (χ1n) is 21.2. The van der Waals surface area contributed by atoms with Gasteiger partial charge in [-0.05, 0) is 82.2 Å². The SMILES string of the molecule is c1ccc(OP(Oc2ccc3ccccc3c2-c2c(OP(Oc3ccccc3)n3c4ccccc4c4ccccc43)ccc3ccccc23)n2c3ccccc3c3ccccc32)cc1. The van der Waals surface area contributed by atoms with E-state index >= 15 is 0 Å². The van der Waals surface area contributed by atoms with Crippen LogP contribution in [0.4, 0.5) is 0 Å². The van der Waals surface area contributed by atoms with E-state index in [-0.39, 0.29) is 0 Å². The number of para-hydroxylation sites is 6. The molecule has 306 valence electrons. The summed E-state index contributed by atoms with van der Waals surface area (Å²) in [6.07, 6.45) is 0. The highest BCUT2D eigenvalue weighted by atomic mass is 31.2. The van der Waals surface area contributed by atoms with E-state index in [1.807, 2.05) is 60.7 Å². The lowest BCUT2D eigenvalue weighted by molar-refractivity contribution is 0.479. The van der Waals surface area contributed by atoms with Crippen LogP contribution in [-0.2, 0) is 0 Å². The molecular formula is C56H38N2O4P2. The average Bonchev–Trinajstić information content (AvgIpc) is 3.87. The summed E-state index contributed by atoms with van der Waals surface area (Å²) in [6, 6.07) is 79.1. The molecule has 2 unspecified atom stereocenters. The third-order valence-corrected chi connectivity index (χ3v) is 14.6. The molecule has 0 N–H and O–H groups in total. The Kier molecular flexibility index (Phi) is 9.67. The molecule has 12 rings (SSSR count). The monoisotopic (exact) mass is 864 g/mol. The van der Waals surface area contributed by atoms with Gasteiger partial charge in [0.2, 0.25) is 0 Å². The first kappa shape index (κ1) is 38.1. The maximum absolute atomic E-state index is 7.48. The van der Waals surface area contributed by atoms with Gasteiger partial charge in [-0.1, -0.05) is 170 Å². The largest absolute Gasteiger partial charge is 0.423 e. The zero-order valence-corrected chi connectivity index (χ0v) is 36.2. The van der Waals surface area contributed by atoms with Crippen molar-refractivity contribution in [2.45, 2.75) is 0 Å². The second-order valence-corrected chi connectivity index (χ2v) is 18.0. The predicted octanol–water partition coefficient (Wildman–Crippen LogP) is 16.3. The number of fused-ring (bicyclic) bond motifs is 8. The number of benzene rings is 10. The van der Waals surface area contributed by atoms with E-state index in [1.54, 1.807) is 0 Å². The van der Waals surface area contributed by atoms with Gasteiger partial charge in [-0.3, -0.25) is 8.68 Å². The second-order valence-electron chi connectivity index (χ2n) is 15.5. The summed E-state index contributed by atoms with van der Waals surface area (Å²) in [5, 5.41) is 8.69. The Morgan fingerprint density at radius 2 is 0.547 bits per heavy atom. The molecule has 0 spiro atoms. The fraction of sp³-hybridized carbons (Fsp3) is 0. The molecule has 0 aliphatic heterocycles. The van der Waals surface area contributed by atoms with Gasteiger partial charge in [0.15, 0.2) is 0 Å². The molecule has 0 amide bonds. The van der Waals surface area contributed by atoms with Crippen LogP contribution in [0.3, 0.4) is 0 Å². The van der Waals surface area contributed by atoms with Crippen LogP contribution in [-0.4, -0.2) is 8.68 Å². The van der Waals surface area contributed by atoms with Gasteiger partial charge < -0.3 is 18.1 Å². The van der Waals surface area contributed by atoms with Gasteiger partial charge in [0.05, 0.1) is 22.1 Å². The van der Waals surface area contributed by atoms with Gasteiger partial charge in [0.1, 0.15) is 23.0 Å². The minimum Gasteiger partial charge on any atom is -0.423 e. The van der Waals surface area contributed by atoms with Crippen LogP contribution in [0.1, 0.15) is 0 Å². The van der Waals surface area contributed by atoms with Gasteiger partial charge in [0, 0.05) is 32.7 Å². The molecule has 2 aromatic heterocycles. The molecule has 0 saturated carbocycles. The normalized spacial score (nSPS) is 12.6. The lowest BCUT2D eigenvalue weighted by atomic mass is 9.92. The summed E-state index contributed by atoms with van der Waals surface area (Å²) >= 11 is 0. The van der Waals surface area contributed by atoms with Crippen molar-refractivity contribution in [3.8, 4) is 34.1 Å². The fourth-order valence-corrected chi connectivity index (χ4v) is 11.9. The van der Waals surface area contributed by atoms with Gasteiger partial charge in [-0.2, -0.15) is 0 Å². The van der Waals surface area contributed by atoms with Crippen LogP contribution in [0, 0.1) is 0 Å². The van der Waals surface area contributed by atoms with Gasteiger partial charge in [0.25, 0.3) is 0 Å². The Morgan fingerprint density at radius 1 is 0.250 bits per heavy atom. The zero-order valence-electron chi connectivity index (χ0n) is 34.4. The van der Waals surface area contributed by atoms with Gasteiger partial charge in [-0.15, -0.1) is 0 Å². The molecule has 10 aromatic carbocycles. The molecule has 0 saturated heterocycles. The quantitative estimate of drug-likeness (QED) is 0.122. The summed E-state index contributed by atoms with van der Waals surface area (Å²) in [5.74, 6) is 2.74. The van der Waals surface area contributed by atoms with E-state index < -0.39 is 17.1 Å². The van der Waals surface area contributed by atoms with Crippen molar-refractivity contribution < 1.29 is 18.1 Å². The van der Waals surface area contributed by atoms with Crippen LogP contribution in [0.5, 0.6) is 23.0 Å². The van der Waals surface area contributed by atoms with E-state index in [1.165, 1.54) is 0 Å². The van der Waals surface area contributed by atoms with E-state index in [4.69, 9.17) is 18.1 Å². The van der Waals surface area contributed by atoms with Gasteiger partial charge >= 0.3 is 17.1 Å². The maximum atomic E-state index is 7.48. The third-order valence-electron chi connectivity index (χ3n) is 11.7. The second kappa shape index (κ2) is 16.3. The number of hydrogen-bond acceptors (Lipinski definition) is 4. The molecule has 0 bridgehead atoms. The minimum absolute atomic E-state index is 0.661. The highest BCUT2D eigenvalue weighted by Crippen LogP contribution is 2.55. The van der Waals surface area contributed by atoms with Crippen molar-refractivity contribution in [2.24, 2.45) is 0 Å². The van der Waals surface area contributed by atoms with Crippen molar-refractivity contribution in [2.75, 3.05) is 0 Å². The molecule has 2 atom stereocenters. The smallest absolute Gasteiger partial charge is 0.422 e. The Labute approximate surface area is 372 Å². The average molecular weight is 865 g/mol. The van der Waals surface area contributed by atoms with Crippen molar-refractivity contribution >= 4 is 82.2 Å².